The van der Waals surface area contributed by atoms with E-state index in [9.17, 15) is 9.90 Å². The minimum Gasteiger partial charge on any atom is -0.390 e. The van der Waals surface area contributed by atoms with Gasteiger partial charge in [0.2, 0.25) is 5.91 Å². The number of nitrogens with zero attached hydrogens (tertiary/aromatic N) is 2. The molecule has 2 rings (SSSR count). The number of thiol groups is 1. The number of hydrogen-bond donors (Lipinski definition) is 3. The van der Waals surface area contributed by atoms with Gasteiger partial charge in [-0.2, -0.15) is 12.6 Å². The van der Waals surface area contributed by atoms with Crippen LogP contribution in [0.4, 0.5) is 0 Å². The first-order valence-electron chi connectivity index (χ1n) is 8.95. The number of rotatable bonds is 6. The zero-order valence-electron chi connectivity index (χ0n) is 15.3. The quantitative estimate of drug-likeness (QED) is 0.610. The number of piperidine rings is 1. The van der Waals surface area contributed by atoms with E-state index in [1.165, 1.54) is 0 Å². The van der Waals surface area contributed by atoms with Crippen molar-refractivity contribution in [3.05, 3.63) is 0 Å². The van der Waals surface area contributed by atoms with Gasteiger partial charge in [0.25, 0.3) is 0 Å². The lowest BCUT2D eigenvalue weighted by Gasteiger charge is -2.46. The molecule has 1 amide bonds. The molecule has 0 aromatic heterocycles. The topological polar surface area (TPSA) is 65.0 Å². The minimum absolute atomic E-state index is 0.0665. The fourth-order valence-corrected chi connectivity index (χ4v) is 3.80. The first kappa shape index (κ1) is 20.0. The third-order valence-corrected chi connectivity index (χ3v) is 5.24. The predicted molar refractivity (Wildman–Crippen MR) is 98.3 cm³/mol. The molecule has 7 heteroatoms. The van der Waals surface area contributed by atoms with E-state index in [-0.39, 0.29) is 23.2 Å². The van der Waals surface area contributed by atoms with E-state index in [2.05, 4.69) is 34.7 Å². The maximum absolute atomic E-state index is 12.4. The van der Waals surface area contributed by atoms with Crippen LogP contribution < -0.4 is 5.32 Å². The van der Waals surface area contributed by atoms with Gasteiger partial charge in [0, 0.05) is 38.1 Å². The van der Waals surface area contributed by atoms with Crippen LogP contribution in [0.2, 0.25) is 0 Å². The molecule has 2 N–H and O–H groups in total. The van der Waals surface area contributed by atoms with Crippen LogP contribution in [0.25, 0.3) is 0 Å². The molecule has 2 aliphatic heterocycles. The monoisotopic (exact) mass is 359 g/mol. The molecule has 0 aliphatic carbocycles. The highest BCUT2D eigenvalue weighted by molar-refractivity contribution is 7.80. The number of amides is 1. The van der Waals surface area contributed by atoms with Crippen LogP contribution in [-0.2, 0) is 9.53 Å². The number of carbonyl (C=O) groups is 1. The fourth-order valence-electron chi connectivity index (χ4n) is 3.57. The number of nitrogens with one attached hydrogen (secondary N) is 1. The van der Waals surface area contributed by atoms with E-state index >= 15 is 0 Å². The van der Waals surface area contributed by atoms with E-state index < -0.39 is 5.60 Å². The summed E-state index contributed by atoms with van der Waals surface area (Å²) in [6.07, 6.45) is 1.95. The van der Waals surface area contributed by atoms with Crippen LogP contribution >= 0.6 is 12.6 Å². The van der Waals surface area contributed by atoms with Crippen molar-refractivity contribution in [3.8, 4) is 0 Å². The van der Waals surface area contributed by atoms with Crippen molar-refractivity contribution in [2.24, 2.45) is 0 Å². The van der Waals surface area contributed by atoms with E-state index in [0.29, 0.717) is 0 Å². The summed E-state index contributed by atoms with van der Waals surface area (Å²) in [6, 6.07) is 0. The van der Waals surface area contributed by atoms with Crippen molar-refractivity contribution >= 4 is 18.5 Å². The van der Waals surface area contributed by atoms with Gasteiger partial charge in [0.05, 0.1) is 30.8 Å². The van der Waals surface area contributed by atoms with Gasteiger partial charge < -0.3 is 15.2 Å². The van der Waals surface area contributed by atoms with Crippen LogP contribution in [0.5, 0.6) is 0 Å². The Kier molecular flexibility index (Phi) is 6.96. The number of carbonyl (C=O) groups excluding carboxylic acids is 1. The molecule has 0 spiro atoms. The summed E-state index contributed by atoms with van der Waals surface area (Å²) in [7, 11) is 0. The van der Waals surface area contributed by atoms with E-state index in [4.69, 9.17) is 4.74 Å². The third kappa shape index (κ3) is 6.19. The van der Waals surface area contributed by atoms with Crippen molar-refractivity contribution in [1.82, 2.24) is 15.1 Å². The minimum atomic E-state index is -0.982. The van der Waals surface area contributed by atoms with Gasteiger partial charge in [-0.1, -0.05) is 0 Å². The SMILES string of the molecule is CC(S)N1CCC(CN2CCOCC2)(NC(=O)CC(C)(C)O)CC1. The van der Waals surface area contributed by atoms with Crippen LogP contribution in [0.3, 0.4) is 0 Å². The van der Waals surface area contributed by atoms with Crippen molar-refractivity contribution in [1.29, 1.82) is 0 Å². The molecule has 6 nitrogen and oxygen atoms in total. The highest BCUT2D eigenvalue weighted by atomic mass is 32.1. The molecule has 0 saturated carbocycles. The summed E-state index contributed by atoms with van der Waals surface area (Å²) in [5.74, 6) is -0.0665. The molecule has 0 aromatic carbocycles. The van der Waals surface area contributed by atoms with Gasteiger partial charge in [-0.25, -0.2) is 0 Å². The van der Waals surface area contributed by atoms with Crippen molar-refractivity contribution < 1.29 is 14.6 Å². The van der Waals surface area contributed by atoms with E-state index in [1.54, 1.807) is 13.8 Å². The Balaban J connectivity index is 2.02. The second-order valence-electron chi connectivity index (χ2n) is 7.87. The lowest BCUT2D eigenvalue weighted by molar-refractivity contribution is -0.128. The normalized spacial score (nSPS) is 24.5. The molecule has 2 heterocycles. The molecule has 0 bridgehead atoms. The molecule has 1 atom stereocenters. The Morgan fingerprint density at radius 3 is 2.38 bits per heavy atom. The second kappa shape index (κ2) is 8.36. The number of morpholine rings is 1. The first-order valence-corrected chi connectivity index (χ1v) is 9.46. The van der Waals surface area contributed by atoms with E-state index in [0.717, 1.165) is 58.8 Å². The first-order chi connectivity index (χ1) is 11.2. The third-order valence-electron chi connectivity index (χ3n) is 4.91. The lowest BCUT2D eigenvalue weighted by atomic mass is 9.86. The maximum atomic E-state index is 12.4. The van der Waals surface area contributed by atoms with Gasteiger partial charge in [-0.15, -0.1) is 0 Å². The van der Waals surface area contributed by atoms with Gasteiger partial charge in [-0.3, -0.25) is 14.6 Å². The van der Waals surface area contributed by atoms with Crippen LogP contribution in [0.15, 0.2) is 0 Å². The Morgan fingerprint density at radius 1 is 1.29 bits per heavy atom. The molecular formula is C17H33N3O3S. The molecule has 1 unspecified atom stereocenters. The number of likely N-dealkylation sites (tertiary alicyclic amines) is 1. The number of ether oxygens (including phenoxy) is 1. The summed E-state index contributed by atoms with van der Waals surface area (Å²) in [4.78, 5) is 17.2. The van der Waals surface area contributed by atoms with Gasteiger partial charge in [0.15, 0.2) is 0 Å². The van der Waals surface area contributed by atoms with Gasteiger partial charge in [0.1, 0.15) is 0 Å². The Morgan fingerprint density at radius 2 is 1.88 bits per heavy atom. The average Bonchev–Trinajstić information content (AvgIpc) is 2.46. The zero-order chi connectivity index (χ0) is 17.8. The van der Waals surface area contributed by atoms with Crippen LogP contribution in [0, 0.1) is 0 Å². The molecule has 2 aliphatic rings. The molecule has 0 aromatic rings. The van der Waals surface area contributed by atoms with Crippen LogP contribution in [0.1, 0.15) is 40.0 Å². The summed E-state index contributed by atoms with van der Waals surface area (Å²) in [5.41, 5.74) is -1.20. The highest BCUT2D eigenvalue weighted by Gasteiger charge is 2.39. The Bertz CT molecular complexity index is 412. The summed E-state index contributed by atoms with van der Waals surface area (Å²) >= 11 is 4.53. The molecule has 2 saturated heterocycles. The molecular weight excluding hydrogens is 326 g/mol. The molecule has 24 heavy (non-hydrogen) atoms. The molecule has 140 valence electrons. The summed E-state index contributed by atoms with van der Waals surface area (Å²) < 4.78 is 5.44. The standard InChI is InChI=1S/C17H33N3O3S/c1-14(24)20-6-4-17(5-7-20,13-19-8-10-23-11-9-19)18-15(21)12-16(2,3)22/h14,22,24H,4-13H2,1-3H3,(H,18,21). The molecule has 0 radical (unpaired) electrons. The van der Waals surface area contributed by atoms with Crippen LogP contribution in [-0.4, -0.2) is 83.3 Å². The zero-order valence-corrected chi connectivity index (χ0v) is 16.1. The maximum Gasteiger partial charge on any atom is 0.223 e. The predicted octanol–water partition coefficient (Wildman–Crippen LogP) is 0.706. The van der Waals surface area contributed by atoms with Gasteiger partial charge >= 0.3 is 0 Å². The number of aliphatic hydroxyl groups is 1. The lowest BCUT2D eigenvalue weighted by Crippen LogP contribution is -2.62. The van der Waals surface area contributed by atoms with Crippen molar-refractivity contribution in [2.75, 3.05) is 45.9 Å². The number of hydrogen-bond acceptors (Lipinski definition) is 6. The second-order valence-corrected chi connectivity index (χ2v) is 8.62. The van der Waals surface area contributed by atoms with E-state index in [1.807, 2.05) is 0 Å². The largest absolute Gasteiger partial charge is 0.390 e. The average molecular weight is 360 g/mol. The van der Waals surface area contributed by atoms with Crippen molar-refractivity contribution in [3.63, 3.8) is 0 Å². The highest BCUT2D eigenvalue weighted by Crippen LogP contribution is 2.26. The van der Waals surface area contributed by atoms with Crippen molar-refractivity contribution in [2.45, 2.75) is 56.5 Å². The Labute approximate surface area is 151 Å². The van der Waals surface area contributed by atoms with Gasteiger partial charge in [-0.05, 0) is 33.6 Å². The summed E-state index contributed by atoms with van der Waals surface area (Å²) in [6.45, 7) is 11.5. The Hall–Kier alpha value is -0.340. The smallest absolute Gasteiger partial charge is 0.223 e. The summed E-state index contributed by atoms with van der Waals surface area (Å²) in [5, 5.41) is 13.4. The fraction of sp³-hybridized carbons (Fsp3) is 0.941. The molecule has 2 fully saturated rings.